The average molecular weight is 424 g/mol. The highest BCUT2D eigenvalue weighted by Gasteiger charge is 2.21. The molecule has 0 aliphatic carbocycles. The van der Waals surface area contributed by atoms with Crippen molar-refractivity contribution in [2.75, 3.05) is 19.6 Å². The molecule has 29 heavy (non-hydrogen) atoms. The standard InChI is InChI=1S/C20H26FN3O4S/c1-3-24(4-2)29(27,28)16-11-9-15(10-12-16)13-22-20(26)23-14-19(25)17-7-5-6-8-18(17)21/h5-12,19,25H,3-4,13-14H2,1-2H3,(H2,22,23,26). The van der Waals surface area contributed by atoms with Crippen molar-refractivity contribution in [2.45, 2.75) is 31.4 Å². The highest BCUT2D eigenvalue weighted by atomic mass is 32.2. The van der Waals surface area contributed by atoms with Gasteiger partial charge in [0.05, 0.1) is 11.0 Å². The van der Waals surface area contributed by atoms with E-state index in [4.69, 9.17) is 0 Å². The molecule has 7 nitrogen and oxygen atoms in total. The van der Waals surface area contributed by atoms with Crippen molar-refractivity contribution in [1.29, 1.82) is 0 Å². The number of nitrogens with zero attached hydrogens (tertiary/aromatic N) is 1. The maximum absolute atomic E-state index is 13.6. The molecule has 9 heteroatoms. The molecule has 2 amide bonds. The molecule has 158 valence electrons. The molecule has 1 atom stereocenters. The van der Waals surface area contributed by atoms with Crippen LogP contribution in [-0.2, 0) is 16.6 Å². The third kappa shape index (κ3) is 5.99. The van der Waals surface area contributed by atoms with Gasteiger partial charge in [-0.2, -0.15) is 4.31 Å². The lowest BCUT2D eigenvalue weighted by Gasteiger charge is -2.18. The van der Waals surface area contributed by atoms with Crippen LogP contribution in [0.3, 0.4) is 0 Å². The van der Waals surface area contributed by atoms with E-state index in [2.05, 4.69) is 10.6 Å². The van der Waals surface area contributed by atoms with Crippen LogP contribution in [0, 0.1) is 5.82 Å². The summed E-state index contributed by atoms with van der Waals surface area (Å²) in [6.07, 6.45) is -1.16. The zero-order chi connectivity index (χ0) is 21.4. The van der Waals surface area contributed by atoms with E-state index in [0.717, 1.165) is 0 Å². The van der Waals surface area contributed by atoms with Gasteiger partial charge in [0.1, 0.15) is 5.82 Å². The Bertz CT molecular complexity index is 916. The Morgan fingerprint density at radius 1 is 1.07 bits per heavy atom. The summed E-state index contributed by atoms with van der Waals surface area (Å²) in [5.41, 5.74) is 0.825. The SMILES string of the molecule is CCN(CC)S(=O)(=O)c1ccc(CNC(=O)NCC(O)c2ccccc2F)cc1. The zero-order valence-corrected chi connectivity index (χ0v) is 17.2. The Hall–Kier alpha value is -2.49. The molecule has 0 aromatic heterocycles. The molecule has 0 saturated heterocycles. The Labute approximate surface area is 170 Å². The van der Waals surface area contributed by atoms with E-state index in [1.54, 1.807) is 32.0 Å². The number of carbonyl (C=O) groups is 1. The van der Waals surface area contributed by atoms with E-state index in [1.165, 1.54) is 34.6 Å². The van der Waals surface area contributed by atoms with Gasteiger partial charge < -0.3 is 15.7 Å². The normalized spacial score (nSPS) is 12.6. The lowest BCUT2D eigenvalue weighted by atomic mass is 10.1. The predicted octanol–water partition coefficient (Wildman–Crippen LogP) is 2.39. The summed E-state index contributed by atoms with van der Waals surface area (Å²) in [6, 6.07) is 11.6. The van der Waals surface area contributed by atoms with Crippen molar-refractivity contribution < 1.29 is 22.7 Å². The molecular weight excluding hydrogens is 397 g/mol. The molecule has 0 saturated carbocycles. The van der Waals surface area contributed by atoms with E-state index < -0.39 is 28.0 Å². The molecule has 0 aliphatic heterocycles. The van der Waals surface area contributed by atoms with Crippen LogP contribution in [0.1, 0.15) is 31.1 Å². The number of aliphatic hydroxyl groups excluding tert-OH is 1. The van der Waals surface area contributed by atoms with Crippen LogP contribution in [0.2, 0.25) is 0 Å². The van der Waals surface area contributed by atoms with Crippen LogP contribution >= 0.6 is 0 Å². The minimum Gasteiger partial charge on any atom is -0.386 e. The van der Waals surface area contributed by atoms with E-state index >= 15 is 0 Å². The summed E-state index contributed by atoms with van der Waals surface area (Å²) in [6.45, 7) is 4.37. The molecule has 0 heterocycles. The second-order valence-electron chi connectivity index (χ2n) is 6.33. The molecular formula is C20H26FN3O4S. The highest BCUT2D eigenvalue weighted by molar-refractivity contribution is 7.89. The first-order chi connectivity index (χ1) is 13.8. The molecule has 0 radical (unpaired) electrons. The van der Waals surface area contributed by atoms with Gasteiger partial charge in [-0.1, -0.05) is 44.2 Å². The summed E-state index contributed by atoms with van der Waals surface area (Å²) in [4.78, 5) is 12.1. The number of urea groups is 1. The van der Waals surface area contributed by atoms with Gasteiger partial charge in [0, 0.05) is 31.7 Å². The zero-order valence-electron chi connectivity index (χ0n) is 16.4. The van der Waals surface area contributed by atoms with Crippen LogP contribution < -0.4 is 10.6 Å². The maximum atomic E-state index is 13.6. The van der Waals surface area contributed by atoms with Crippen molar-refractivity contribution in [3.05, 3.63) is 65.5 Å². The number of hydrogen-bond acceptors (Lipinski definition) is 4. The Balaban J connectivity index is 1.87. The first kappa shape index (κ1) is 22.8. The molecule has 2 aromatic carbocycles. The first-order valence-corrected chi connectivity index (χ1v) is 10.8. The molecule has 2 aromatic rings. The van der Waals surface area contributed by atoms with Gasteiger partial charge in [-0.05, 0) is 23.8 Å². The molecule has 1 unspecified atom stereocenters. The quantitative estimate of drug-likeness (QED) is 0.577. The number of rotatable bonds is 9. The topological polar surface area (TPSA) is 98.7 Å². The fraction of sp³-hybridized carbons (Fsp3) is 0.350. The molecule has 2 rings (SSSR count). The van der Waals surface area contributed by atoms with Crippen molar-refractivity contribution in [3.63, 3.8) is 0 Å². The second kappa shape index (κ2) is 10.3. The molecule has 0 spiro atoms. The van der Waals surface area contributed by atoms with Gasteiger partial charge in [-0.25, -0.2) is 17.6 Å². The lowest BCUT2D eigenvalue weighted by Crippen LogP contribution is -2.37. The summed E-state index contributed by atoms with van der Waals surface area (Å²) in [5, 5.41) is 15.1. The number of hydrogen-bond donors (Lipinski definition) is 3. The van der Waals surface area contributed by atoms with Gasteiger partial charge in [0.15, 0.2) is 0 Å². The Kier molecular flexibility index (Phi) is 8.12. The van der Waals surface area contributed by atoms with Gasteiger partial charge >= 0.3 is 6.03 Å². The number of amides is 2. The van der Waals surface area contributed by atoms with Crippen LogP contribution in [0.4, 0.5) is 9.18 Å². The third-order valence-electron chi connectivity index (χ3n) is 4.44. The van der Waals surface area contributed by atoms with Gasteiger partial charge in [-0.15, -0.1) is 0 Å². The highest BCUT2D eigenvalue weighted by Crippen LogP contribution is 2.17. The van der Waals surface area contributed by atoms with Crippen molar-refractivity contribution in [3.8, 4) is 0 Å². The van der Waals surface area contributed by atoms with E-state index in [9.17, 15) is 22.7 Å². The van der Waals surface area contributed by atoms with Gasteiger partial charge in [-0.3, -0.25) is 0 Å². The van der Waals surface area contributed by atoms with Crippen LogP contribution in [0.15, 0.2) is 53.4 Å². The van der Waals surface area contributed by atoms with Crippen molar-refractivity contribution >= 4 is 16.1 Å². The Morgan fingerprint density at radius 2 is 1.69 bits per heavy atom. The van der Waals surface area contributed by atoms with Crippen molar-refractivity contribution in [1.82, 2.24) is 14.9 Å². The van der Waals surface area contributed by atoms with E-state index in [0.29, 0.717) is 18.7 Å². The predicted molar refractivity (Wildman–Crippen MR) is 108 cm³/mol. The number of carbonyl (C=O) groups excluding carboxylic acids is 1. The summed E-state index contributed by atoms with van der Waals surface area (Å²) in [7, 11) is -3.52. The summed E-state index contributed by atoms with van der Waals surface area (Å²) < 4.78 is 39.9. The number of nitrogens with one attached hydrogen (secondary N) is 2. The minimum absolute atomic E-state index is 0.109. The summed E-state index contributed by atoms with van der Waals surface area (Å²) in [5.74, 6) is -0.540. The van der Waals surface area contributed by atoms with Crippen LogP contribution in [-0.4, -0.2) is 43.5 Å². The van der Waals surface area contributed by atoms with Crippen LogP contribution in [0.25, 0.3) is 0 Å². The fourth-order valence-corrected chi connectivity index (χ4v) is 4.24. The molecule has 0 fully saturated rings. The van der Waals surface area contributed by atoms with Crippen LogP contribution in [0.5, 0.6) is 0 Å². The fourth-order valence-electron chi connectivity index (χ4n) is 2.78. The molecule has 3 N–H and O–H groups in total. The van der Waals surface area contributed by atoms with Crippen molar-refractivity contribution in [2.24, 2.45) is 0 Å². The van der Waals surface area contributed by atoms with Gasteiger partial charge in [0.2, 0.25) is 10.0 Å². The maximum Gasteiger partial charge on any atom is 0.315 e. The number of halogens is 1. The third-order valence-corrected chi connectivity index (χ3v) is 6.50. The second-order valence-corrected chi connectivity index (χ2v) is 8.27. The number of benzene rings is 2. The van der Waals surface area contributed by atoms with E-state index in [1.807, 2.05) is 0 Å². The van der Waals surface area contributed by atoms with Gasteiger partial charge in [0.25, 0.3) is 0 Å². The average Bonchev–Trinajstić information content (AvgIpc) is 2.71. The lowest BCUT2D eigenvalue weighted by molar-refractivity contribution is 0.169. The number of sulfonamides is 1. The monoisotopic (exact) mass is 423 g/mol. The number of aliphatic hydroxyl groups is 1. The molecule has 0 bridgehead atoms. The largest absolute Gasteiger partial charge is 0.386 e. The molecule has 0 aliphatic rings. The Morgan fingerprint density at radius 3 is 2.28 bits per heavy atom. The smallest absolute Gasteiger partial charge is 0.315 e. The summed E-state index contributed by atoms with van der Waals surface area (Å²) >= 11 is 0. The first-order valence-electron chi connectivity index (χ1n) is 9.32. The minimum atomic E-state index is -3.52. The van der Waals surface area contributed by atoms with E-state index in [-0.39, 0.29) is 23.5 Å².